The lowest BCUT2D eigenvalue weighted by molar-refractivity contribution is 0.498. The summed E-state index contributed by atoms with van der Waals surface area (Å²) in [5.41, 5.74) is 2.74. The smallest absolute Gasteiger partial charge is 0.192 e. The van der Waals surface area contributed by atoms with Crippen molar-refractivity contribution >= 4 is 16.8 Å². The molecule has 0 radical (unpaired) electrons. The number of hydrogen-bond donors (Lipinski definition) is 1. The van der Waals surface area contributed by atoms with Crippen molar-refractivity contribution in [2.45, 2.75) is 26.3 Å². The van der Waals surface area contributed by atoms with E-state index in [1.54, 1.807) is 6.26 Å². The van der Waals surface area contributed by atoms with Crippen LogP contribution in [-0.4, -0.2) is 11.0 Å². The third-order valence-electron chi connectivity index (χ3n) is 3.00. The van der Waals surface area contributed by atoms with Crippen LogP contribution in [0.25, 0.3) is 11.1 Å². The second kappa shape index (κ2) is 4.80. The predicted molar refractivity (Wildman–Crippen MR) is 74.2 cm³/mol. The molecular formula is C15H16N2O2. The molecule has 98 valence electrons. The molecule has 1 unspecified atom stereocenters. The number of hydrogen-bond acceptors (Lipinski definition) is 4. The molecule has 0 saturated carbocycles. The van der Waals surface area contributed by atoms with Gasteiger partial charge in [0.1, 0.15) is 11.3 Å². The second-order valence-electron chi connectivity index (χ2n) is 4.74. The molecular weight excluding hydrogens is 240 g/mol. The number of benzene rings is 1. The van der Waals surface area contributed by atoms with E-state index in [4.69, 9.17) is 8.83 Å². The van der Waals surface area contributed by atoms with Crippen molar-refractivity contribution in [1.82, 2.24) is 4.98 Å². The molecule has 1 aromatic carbocycles. The predicted octanol–water partition coefficient (Wildman–Crippen LogP) is 3.77. The number of oxazole rings is 1. The maximum absolute atomic E-state index is 5.46. The molecule has 0 aliphatic rings. The van der Waals surface area contributed by atoms with E-state index in [2.05, 4.69) is 17.2 Å². The normalized spacial score (nSPS) is 12.7. The highest BCUT2D eigenvalue weighted by Crippen LogP contribution is 2.20. The first-order valence-corrected chi connectivity index (χ1v) is 6.37. The number of furan rings is 1. The number of rotatable bonds is 4. The summed E-state index contributed by atoms with van der Waals surface area (Å²) < 4.78 is 10.8. The van der Waals surface area contributed by atoms with Crippen LogP contribution in [0.2, 0.25) is 0 Å². The van der Waals surface area contributed by atoms with E-state index < -0.39 is 0 Å². The van der Waals surface area contributed by atoms with Crippen LogP contribution >= 0.6 is 0 Å². The van der Waals surface area contributed by atoms with E-state index in [0.717, 1.165) is 29.0 Å². The number of anilines is 1. The first-order valence-electron chi connectivity index (χ1n) is 6.37. The van der Waals surface area contributed by atoms with E-state index in [0.29, 0.717) is 5.89 Å². The summed E-state index contributed by atoms with van der Waals surface area (Å²) in [5.74, 6) is 1.68. The topological polar surface area (TPSA) is 51.2 Å². The van der Waals surface area contributed by atoms with Gasteiger partial charge in [-0.2, -0.15) is 0 Å². The first-order chi connectivity index (χ1) is 9.20. The van der Waals surface area contributed by atoms with Crippen LogP contribution in [0.1, 0.15) is 18.6 Å². The fraction of sp³-hybridized carbons (Fsp3) is 0.267. The summed E-state index contributed by atoms with van der Waals surface area (Å²) in [4.78, 5) is 4.33. The van der Waals surface area contributed by atoms with E-state index in [-0.39, 0.29) is 6.04 Å². The Labute approximate surface area is 111 Å². The first kappa shape index (κ1) is 11.8. The summed E-state index contributed by atoms with van der Waals surface area (Å²) in [5, 5.41) is 3.44. The van der Waals surface area contributed by atoms with Gasteiger partial charge in [-0.05, 0) is 37.3 Å². The third-order valence-corrected chi connectivity index (χ3v) is 3.00. The number of fused-ring (bicyclic) bond motifs is 1. The van der Waals surface area contributed by atoms with Crippen LogP contribution in [0.4, 0.5) is 5.69 Å². The highest BCUT2D eigenvalue weighted by atomic mass is 16.3. The minimum Gasteiger partial charge on any atom is -0.469 e. The lowest BCUT2D eigenvalue weighted by atomic mass is 10.2. The highest BCUT2D eigenvalue weighted by Gasteiger charge is 2.07. The van der Waals surface area contributed by atoms with Crippen molar-refractivity contribution in [2.75, 3.05) is 5.32 Å². The van der Waals surface area contributed by atoms with Gasteiger partial charge >= 0.3 is 0 Å². The van der Waals surface area contributed by atoms with Crippen molar-refractivity contribution in [1.29, 1.82) is 0 Å². The molecule has 0 aliphatic heterocycles. The summed E-state index contributed by atoms with van der Waals surface area (Å²) in [7, 11) is 0. The van der Waals surface area contributed by atoms with Crippen LogP contribution in [0.15, 0.2) is 45.4 Å². The Morgan fingerprint density at radius 1 is 1.32 bits per heavy atom. The molecule has 3 rings (SSSR count). The average Bonchev–Trinajstić information content (AvgIpc) is 2.96. The Morgan fingerprint density at radius 3 is 3.00 bits per heavy atom. The second-order valence-corrected chi connectivity index (χ2v) is 4.74. The highest BCUT2D eigenvalue weighted by molar-refractivity contribution is 5.77. The molecule has 0 bridgehead atoms. The summed E-state index contributed by atoms with van der Waals surface area (Å²) in [6, 6.07) is 10.1. The Kier molecular flexibility index (Phi) is 2.99. The van der Waals surface area contributed by atoms with Crippen molar-refractivity contribution in [3.05, 3.63) is 48.2 Å². The molecule has 1 N–H and O–H groups in total. The largest absolute Gasteiger partial charge is 0.469 e. The van der Waals surface area contributed by atoms with Gasteiger partial charge in [0.2, 0.25) is 0 Å². The quantitative estimate of drug-likeness (QED) is 0.772. The SMILES string of the molecule is Cc1nc2cc(NC(C)Cc3ccco3)ccc2o1. The zero-order valence-electron chi connectivity index (χ0n) is 11.0. The minimum absolute atomic E-state index is 0.289. The van der Waals surface area contributed by atoms with Crippen LogP contribution in [0.3, 0.4) is 0 Å². The van der Waals surface area contributed by atoms with E-state index in [1.807, 2.05) is 37.3 Å². The Balaban J connectivity index is 1.73. The molecule has 2 heterocycles. The van der Waals surface area contributed by atoms with Crippen LogP contribution < -0.4 is 5.32 Å². The molecule has 0 spiro atoms. The molecule has 4 nitrogen and oxygen atoms in total. The Bertz CT molecular complexity index is 671. The average molecular weight is 256 g/mol. The summed E-state index contributed by atoms with van der Waals surface area (Å²) in [6.45, 7) is 3.98. The van der Waals surface area contributed by atoms with Crippen molar-refractivity contribution in [3.63, 3.8) is 0 Å². The van der Waals surface area contributed by atoms with Crippen molar-refractivity contribution in [3.8, 4) is 0 Å². The van der Waals surface area contributed by atoms with Gasteiger partial charge in [0, 0.05) is 25.1 Å². The van der Waals surface area contributed by atoms with Crippen LogP contribution in [0, 0.1) is 6.92 Å². The van der Waals surface area contributed by atoms with E-state index >= 15 is 0 Å². The monoisotopic (exact) mass is 256 g/mol. The molecule has 19 heavy (non-hydrogen) atoms. The number of nitrogens with zero attached hydrogens (tertiary/aromatic N) is 1. The zero-order chi connectivity index (χ0) is 13.2. The maximum atomic E-state index is 5.46. The van der Waals surface area contributed by atoms with Crippen molar-refractivity contribution < 1.29 is 8.83 Å². The lowest BCUT2D eigenvalue weighted by Gasteiger charge is -2.13. The molecule has 0 saturated heterocycles. The number of nitrogens with one attached hydrogen (secondary N) is 1. The van der Waals surface area contributed by atoms with Gasteiger partial charge in [-0.25, -0.2) is 4.98 Å². The number of aromatic nitrogens is 1. The van der Waals surface area contributed by atoms with Gasteiger partial charge in [-0.3, -0.25) is 0 Å². The molecule has 3 aromatic rings. The van der Waals surface area contributed by atoms with Gasteiger partial charge in [0.05, 0.1) is 6.26 Å². The Morgan fingerprint density at radius 2 is 2.21 bits per heavy atom. The molecule has 2 aromatic heterocycles. The molecule has 0 fully saturated rings. The molecule has 4 heteroatoms. The standard InChI is InChI=1S/C15H16N2O2/c1-10(8-13-4-3-7-18-13)16-12-5-6-15-14(9-12)17-11(2)19-15/h3-7,9-10,16H,8H2,1-2H3. The third kappa shape index (κ3) is 2.62. The molecule has 0 aliphatic carbocycles. The molecule has 0 amide bonds. The van der Waals surface area contributed by atoms with Gasteiger partial charge in [0.25, 0.3) is 0 Å². The lowest BCUT2D eigenvalue weighted by Crippen LogP contribution is -2.17. The van der Waals surface area contributed by atoms with E-state index in [9.17, 15) is 0 Å². The Hall–Kier alpha value is -2.23. The van der Waals surface area contributed by atoms with E-state index in [1.165, 1.54) is 0 Å². The zero-order valence-corrected chi connectivity index (χ0v) is 11.0. The van der Waals surface area contributed by atoms with Crippen LogP contribution in [-0.2, 0) is 6.42 Å². The van der Waals surface area contributed by atoms with Crippen LogP contribution in [0.5, 0.6) is 0 Å². The summed E-state index contributed by atoms with van der Waals surface area (Å²) >= 11 is 0. The van der Waals surface area contributed by atoms with Gasteiger partial charge in [-0.1, -0.05) is 0 Å². The fourth-order valence-electron chi connectivity index (χ4n) is 2.20. The van der Waals surface area contributed by atoms with Gasteiger partial charge in [-0.15, -0.1) is 0 Å². The number of aryl methyl sites for hydroxylation is 1. The van der Waals surface area contributed by atoms with Crippen molar-refractivity contribution in [2.24, 2.45) is 0 Å². The van der Waals surface area contributed by atoms with Gasteiger partial charge in [0.15, 0.2) is 11.5 Å². The molecule has 1 atom stereocenters. The van der Waals surface area contributed by atoms with Gasteiger partial charge < -0.3 is 14.2 Å². The summed E-state index contributed by atoms with van der Waals surface area (Å²) in [6.07, 6.45) is 2.55. The maximum Gasteiger partial charge on any atom is 0.192 e. The minimum atomic E-state index is 0.289. The fourth-order valence-corrected chi connectivity index (χ4v) is 2.20.